The molecule has 0 fully saturated rings. The molecule has 0 saturated carbocycles. The van der Waals surface area contributed by atoms with Gasteiger partial charge in [0.1, 0.15) is 0 Å². The van der Waals surface area contributed by atoms with E-state index in [1.807, 2.05) is 12.1 Å². The molecule has 0 saturated heterocycles. The molecule has 1 nitrogen and oxygen atoms in total. The average molecular weight is 430 g/mol. The van der Waals surface area contributed by atoms with E-state index < -0.39 is 0 Å². The van der Waals surface area contributed by atoms with Crippen LogP contribution in [0.2, 0.25) is 0 Å². The third-order valence-electron chi connectivity index (χ3n) is 6.28. The van der Waals surface area contributed by atoms with Crippen LogP contribution in [-0.4, -0.2) is 0 Å². The van der Waals surface area contributed by atoms with E-state index in [1.54, 1.807) is 0 Å². The summed E-state index contributed by atoms with van der Waals surface area (Å²) in [5.74, 6) is 0. The molecule has 1 heteroatoms. The normalized spacial score (nSPS) is 11.5. The number of allylic oxidation sites excluding steroid dienone is 2. The van der Waals surface area contributed by atoms with Crippen molar-refractivity contribution < 1.29 is 0 Å². The molecule has 4 aromatic carbocycles. The highest BCUT2D eigenvalue weighted by atomic mass is 15.1. The summed E-state index contributed by atoms with van der Waals surface area (Å²) in [5, 5.41) is 0. The zero-order valence-electron chi connectivity index (χ0n) is 19.7. The Hall–Kier alpha value is -3.84. The minimum Gasteiger partial charge on any atom is -0.311 e. The lowest BCUT2D eigenvalue weighted by Gasteiger charge is -2.28. The van der Waals surface area contributed by atoms with E-state index in [9.17, 15) is 0 Å². The van der Waals surface area contributed by atoms with Crippen molar-refractivity contribution in [3.8, 4) is 0 Å². The van der Waals surface area contributed by atoms with Crippen LogP contribution in [0, 0.1) is 6.92 Å². The second kappa shape index (κ2) is 9.75. The lowest BCUT2D eigenvalue weighted by molar-refractivity contribution is 0.637. The third kappa shape index (κ3) is 4.99. The maximum atomic E-state index is 4.39. The molecule has 0 aliphatic heterocycles. The molecule has 0 N–H and O–H groups in total. The van der Waals surface area contributed by atoms with Gasteiger partial charge in [-0.25, -0.2) is 0 Å². The summed E-state index contributed by atoms with van der Waals surface area (Å²) in [6.07, 6.45) is 4.30. The molecule has 4 aromatic rings. The molecule has 0 atom stereocenters. The van der Waals surface area contributed by atoms with E-state index >= 15 is 0 Å². The summed E-state index contributed by atoms with van der Waals surface area (Å²) >= 11 is 0. The summed E-state index contributed by atoms with van der Waals surface area (Å²) in [4.78, 5) is 2.27. The van der Waals surface area contributed by atoms with Gasteiger partial charge < -0.3 is 4.90 Å². The van der Waals surface area contributed by atoms with Crippen LogP contribution in [0.3, 0.4) is 0 Å². The highest BCUT2D eigenvalue weighted by Gasteiger charge is 2.24. The zero-order valence-corrected chi connectivity index (χ0v) is 19.7. The topological polar surface area (TPSA) is 3.24 Å². The molecular formula is C32H31N. The largest absolute Gasteiger partial charge is 0.311 e. The van der Waals surface area contributed by atoms with Gasteiger partial charge in [0, 0.05) is 22.5 Å². The lowest BCUT2D eigenvalue weighted by atomic mass is 9.76. The number of anilines is 3. The Kier molecular flexibility index (Phi) is 6.60. The molecular weight excluding hydrogens is 398 g/mol. The van der Waals surface area contributed by atoms with E-state index in [0.717, 1.165) is 28.2 Å². The van der Waals surface area contributed by atoms with Crippen molar-refractivity contribution >= 4 is 23.1 Å². The maximum Gasteiger partial charge on any atom is 0.0462 e. The van der Waals surface area contributed by atoms with Crippen LogP contribution in [0.25, 0.3) is 6.08 Å². The molecule has 0 aromatic heterocycles. The van der Waals surface area contributed by atoms with Crippen molar-refractivity contribution in [3.63, 3.8) is 0 Å². The maximum absolute atomic E-state index is 4.39. The minimum atomic E-state index is -0.126. The number of rotatable bonds is 7. The van der Waals surface area contributed by atoms with E-state index in [1.165, 1.54) is 11.1 Å². The molecule has 0 unspecified atom stereocenters. The molecule has 164 valence electrons. The number of para-hydroxylation sites is 2. The predicted octanol–water partition coefficient (Wildman–Crippen LogP) is 9.01. The summed E-state index contributed by atoms with van der Waals surface area (Å²) < 4.78 is 0. The highest BCUT2D eigenvalue weighted by Crippen LogP contribution is 2.35. The number of aryl methyl sites for hydroxylation is 1. The zero-order chi connectivity index (χ0) is 23.3. The van der Waals surface area contributed by atoms with Gasteiger partial charge in [0.25, 0.3) is 0 Å². The average Bonchev–Trinajstić information content (AvgIpc) is 2.85. The summed E-state index contributed by atoms with van der Waals surface area (Å²) in [6.45, 7) is 11.0. The minimum absolute atomic E-state index is 0.126. The molecule has 4 rings (SSSR count). The molecule has 0 bridgehead atoms. The van der Waals surface area contributed by atoms with Crippen molar-refractivity contribution in [1.29, 1.82) is 0 Å². The molecule has 0 amide bonds. The van der Waals surface area contributed by atoms with Crippen LogP contribution in [0.1, 0.15) is 30.5 Å². The van der Waals surface area contributed by atoms with Crippen LogP contribution in [0.5, 0.6) is 0 Å². The fraction of sp³-hybridized carbons (Fsp3) is 0.125. The third-order valence-corrected chi connectivity index (χ3v) is 6.28. The Balaban J connectivity index is 1.58. The van der Waals surface area contributed by atoms with E-state index in [4.69, 9.17) is 0 Å². The van der Waals surface area contributed by atoms with Crippen molar-refractivity contribution in [2.24, 2.45) is 0 Å². The standard InChI is InChI=1S/C32H31N/c1-25-13-11-12-18-31(25)32(3,4)26(2)19-20-27-21-23-30(24-22-27)33(28-14-7-5-8-15-28)29-16-9-6-10-17-29/h5-24H,2H2,1,3-4H3/b20-19+. The Morgan fingerprint density at radius 3 is 1.70 bits per heavy atom. The van der Waals surface area contributed by atoms with Gasteiger partial charge in [0.2, 0.25) is 0 Å². The number of benzene rings is 4. The fourth-order valence-corrected chi connectivity index (χ4v) is 4.19. The van der Waals surface area contributed by atoms with Crippen LogP contribution >= 0.6 is 0 Å². The second-order valence-electron chi connectivity index (χ2n) is 8.90. The quantitative estimate of drug-likeness (QED) is 0.265. The molecule has 33 heavy (non-hydrogen) atoms. The van der Waals surface area contributed by atoms with Gasteiger partial charge in [-0.2, -0.15) is 0 Å². The van der Waals surface area contributed by atoms with E-state index in [0.29, 0.717) is 0 Å². The van der Waals surface area contributed by atoms with Gasteiger partial charge in [-0.1, -0.05) is 105 Å². The summed E-state index contributed by atoms with van der Waals surface area (Å²) in [5.41, 5.74) is 8.14. The van der Waals surface area contributed by atoms with Gasteiger partial charge in [-0.3, -0.25) is 0 Å². The number of hydrogen-bond donors (Lipinski definition) is 0. The van der Waals surface area contributed by atoms with Crippen LogP contribution < -0.4 is 4.90 Å². The van der Waals surface area contributed by atoms with Gasteiger partial charge in [0.05, 0.1) is 0 Å². The number of hydrogen-bond acceptors (Lipinski definition) is 1. The SMILES string of the molecule is C=C(/C=C/c1ccc(N(c2ccccc2)c2ccccc2)cc1)C(C)(C)c1ccccc1C. The van der Waals surface area contributed by atoms with E-state index in [-0.39, 0.29) is 5.41 Å². The first-order valence-electron chi connectivity index (χ1n) is 11.4. The van der Waals surface area contributed by atoms with Crippen molar-refractivity contribution in [2.75, 3.05) is 4.90 Å². The second-order valence-corrected chi connectivity index (χ2v) is 8.90. The smallest absolute Gasteiger partial charge is 0.0462 e. The first-order valence-corrected chi connectivity index (χ1v) is 11.4. The molecule has 0 aliphatic carbocycles. The van der Waals surface area contributed by atoms with Gasteiger partial charge in [-0.15, -0.1) is 0 Å². The van der Waals surface area contributed by atoms with Crippen molar-refractivity contribution in [3.05, 3.63) is 144 Å². The van der Waals surface area contributed by atoms with Crippen molar-refractivity contribution in [2.45, 2.75) is 26.2 Å². The summed E-state index contributed by atoms with van der Waals surface area (Å²) in [7, 11) is 0. The number of nitrogens with zero attached hydrogens (tertiary/aromatic N) is 1. The first-order chi connectivity index (χ1) is 16.0. The lowest BCUT2D eigenvalue weighted by Crippen LogP contribution is -2.19. The van der Waals surface area contributed by atoms with E-state index in [2.05, 4.69) is 141 Å². The fourth-order valence-electron chi connectivity index (χ4n) is 4.19. The Morgan fingerprint density at radius 2 is 1.15 bits per heavy atom. The highest BCUT2D eigenvalue weighted by molar-refractivity contribution is 5.77. The first kappa shape index (κ1) is 22.4. The summed E-state index contributed by atoms with van der Waals surface area (Å²) in [6, 6.07) is 38.2. The predicted molar refractivity (Wildman–Crippen MR) is 144 cm³/mol. The van der Waals surface area contributed by atoms with Crippen LogP contribution in [0.15, 0.2) is 127 Å². The van der Waals surface area contributed by atoms with Gasteiger partial charge >= 0.3 is 0 Å². The Morgan fingerprint density at radius 1 is 0.667 bits per heavy atom. The molecule has 0 radical (unpaired) electrons. The molecule has 0 heterocycles. The Labute approximate surface area is 198 Å². The Bertz CT molecular complexity index is 1190. The van der Waals surface area contributed by atoms with Crippen LogP contribution in [0.4, 0.5) is 17.1 Å². The molecule has 0 spiro atoms. The molecule has 0 aliphatic rings. The van der Waals surface area contributed by atoms with Crippen molar-refractivity contribution in [1.82, 2.24) is 0 Å². The van der Waals surface area contributed by atoms with Crippen LogP contribution in [-0.2, 0) is 5.41 Å². The van der Waals surface area contributed by atoms with Gasteiger partial charge in [0.15, 0.2) is 0 Å². The van der Waals surface area contributed by atoms with Gasteiger partial charge in [-0.05, 0) is 65.6 Å². The monoisotopic (exact) mass is 429 g/mol.